The normalized spacial score (nSPS) is 23.0. The molecule has 0 amide bonds. The summed E-state index contributed by atoms with van der Waals surface area (Å²) < 4.78 is 2.20. The van der Waals surface area contributed by atoms with Gasteiger partial charge in [-0.05, 0) is 55.8 Å². The number of rotatable bonds is 3. The highest BCUT2D eigenvalue weighted by molar-refractivity contribution is 5.38. The molecule has 122 valence electrons. The van der Waals surface area contributed by atoms with Crippen LogP contribution in [0.25, 0.3) is 5.69 Å². The van der Waals surface area contributed by atoms with Crippen LogP contribution in [0.5, 0.6) is 0 Å². The van der Waals surface area contributed by atoms with Crippen LogP contribution in [-0.4, -0.2) is 16.3 Å². The van der Waals surface area contributed by atoms with Crippen molar-refractivity contribution in [3.8, 4) is 5.69 Å². The first-order valence-electron chi connectivity index (χ1n) is 9.30. The fourth-order valence-corrected chi connectivity index (χ4v) is 4.32. The molecule has 3 heteroatoms. The standard InChI is InChI=1S/C20H27N3/c1-2-5-10-16(9-4-1)18-15-22-23(17-11-6-3-7-12-17)20(18)19-13-8-14-21-19/h3,6-7,11-12,15-16,19,21H,1-2,4-5,8-10,13-14H2. The summed E-state index contributed by atoms with van der Waals surface area (Å²) in [6, 6.07) is 11.1. The van der Waals surface area contributed by atoms with Gasteiger partial charge >= 0.3 is 0 Å². The molecule has 1 unspecified atom stereocenters. The Morgan fingerprint density at radius 1 is 0.913 bits per heavy atom. The number of nitrogens with zero attached hydrogens (tertiary/aromatic N) is 2. The summed E-state index contributed by atoms with van der Waals surface area (Å²) in [5.41, 5.74) is 4.13. The molecule has 2 fully saturated rings. The average Bonchev–Trinajstić information content (AvgIpc) is 3.19. The third kappa shape index (κ3) is 3.07. The summed E-state index contributed by atoms with van der Waals surface area (Å²) in [5.74, 6) is 0.701. The number of hydrogen-bond acceptors (Lipinski definition) is 2. The minimum atomic E-state index is 0.468. The van der Waals surface area contributed by atoms with Gasteiger partial charge < -0.3 is 5.32 Å². The maximum absolute atomic E-state index is 4.81. The molecule has 2 aliphatic rings. The molecular formula is C20H27N3. The lowest BCUT2D eigenvalue weighted by atomic mass is 9.90. The van der Waals surface area contributed by atoms with E-state index in [1.165, 1.54) is 68.3 Å². The van der Waals surface area contributed by atoms with Gasteiger partial charge in [0.2, 0.25) is 0 Å². The molecule has 1 atom stereocenters. The Morgan fingerprint density at radius 3 is 2.39 bits per heavy atom. The molecule has 1 saturated heterocycles. The molecular weight excluding hydrogens is 282 g/mol. The summed E-state index contributed by atoms with van der Waals surface area (Å²) in [6.07, 6.45) is 12.9. The monoisotopic (exact) mass is 309 g/mol. The molecule has 0 spiro atoms. The van der Waals surface area contributed by atoms with Crippen molar-refractivity contribution in [2.45, 2.75) is 63.3 Å². The van der Waals surface area contributed by atoms with E-state index in [0.29, 0.717) is 12.0 Å². The van der Waals surface area contributed by atoms with Crippen LogP contribution in [0.15, 0.2) is 36.5 Å². The van der Waals surface area contributed by atoms with Gasteiger partial charge in [0, 0.05) is 6.04 Å². The Hall–Kier alpha value is -1.61. The Bertz CT molecular complexity index is 618. The van der Waals surface area contributed by atoms with Gasteiger partial charge in [-0.15, -0.1) is 0 Å². The molecule has 1 aliphatic carbocycles. The lowest BCUT2D eigenvalue weighted by molar-refractivity contribution is 0.552. The van der Waals surface area contributed by atoms with Crippen LogP contribution < -0.4 is 5.32 Å². The van der Waals surface area contributed by atoms with E-state index in [2.05, 4.69) is 46.5 Å². The van der Waals surface area contributed by atoms with Gasteiger partial charge in [-0.25, -0.2) is 4.68 Å². The van der Waals surface area contributed by atoms with Crippen molar-refractivity contribution >= 4 is 0 Å². The summed E-state index contributed by atoms with van der Waals surface area (Å²) in [6.45, 7) is 1.13. The predicted octanol–water partition coefficient (Wildman–Crippen LogP) is 4.73. The minimum Gasteiger partial charge on any atom is -0.309 e. The summed E-state index contributed by atoms with van der Waals surface area (Å²) in [4.78, 5) is 0. The van der Waals surface area contributed by atoms with Crippen molar-refractivity contribution in [1.82, 2.24) is 15.1 Å². The van der Waals surface area contributed by atoms with Gasteiger partial charge in [-0.1, -0.05) is 43.9 Å². The Morgan fingerprint density at radius 2 is 1.70 bits per heavy atom. The third-order valence-corrected chi connectivity index (χ3v) is 5.52. The quantitative estimate of drug-likeness (QED) is 0.830. The molecule has 23 heavy (non-hydrogen) atoms. The Labute approximate surface area is 139 Å². The minimum absolute atomic E-state index is 0.468. The van der Waals surface area contributed by atoms with E-state index in [9.17, 15) is 0 Å². The van der Waals surface area contributed by atoms with Crippen molar-refractivity contribution in [3.05, 3.63) is 47.8 Å². The van der Waals surface area contributed by atoms with Crippen LogP contribution in [-0.2, 0) is 0 Å². The maximum Gasteiger partial charge on any atom is 0.0649 e. The van der Waals surface area contributed by atoms with Crippen molar-refractivity contribution < 1.29 is 0 Å². The summed E-state index contributed by atoms with van der Waals surface area (Å²) >= 11 is 0. The van der Waals surface area contributed by atoms with E-state index in [1.54, 1.807) is 0 Å². The maximum atomic E-state index is 4.81. The fourth-order valence-electron chi connectivity index (χ4n) is 4.32. The van der Waals surface area contributed by atoms with Crippen LogP contribution in [0.2, 0.25) is 0 Å². The predicted molar refractivity (Wildman–Crippen MR) is 94.0 cm³/mol. The van der Waals surface area contributed by atoms with Crippen LogP contribution in [0, 0.1) is 0 Å². The molecule has 2 aromatic rings. The molecule has 4 rings (SSSR count). The number of hydrogen-bond donors (Lipinski definition) is 1. The molecule has 0 bridgehead atoms. The summed E-state index contributed by atoms with van der Waals surface area (Å²) in [7, 11) is 0. The molecule has 1 aromatic heterocycles. The van der Waals surface area contributed by atoms with Crippen molar-refractivity contribution in [3.63, 3.8) is 0 Å². The number of benzene rings is 1. The van der Waals surface area contributed by atoms with Crippen LogP contribution in [0.4, 0.5) is 0 Å². The highest BCUT2D eigenvalue weighted by atomic mass is 15.3. The second-order valence-corrected chi connectivity index (χ2v) is 7.07. The highest BCUT2D eigenvalue weighted by Gasteiger charge is 2.28. The number of para-hydroxylation sites is 1. The van der Waals surface area contributed by atoms with Crippen LogP contribution in [0.1, 0.15) is 74.6 Å². The first-order chi connectivity index (χ1) is 11.4. The van der Waals surface area contributed by atoms with Gasteiger partial charge in [0.05, 0.1) is 17.6 Å². The van der Waals surface area contributed by atoms with Gasteiger partial charge in [-0.3, -0.25) is 0 Å². The van der Waals surface area contributed by atoms with Crippen LogP contribution >= 0.6 is 0 Å². The highest BCUT2D eigenvalue weighted by Crippen LogP contribution is 2.38. The van der Waals surface area contributed by atoms with E-state index < -0.39 is 0 Å². The van der Waals surface area contributed by atoms with E-state index >= 15 is 0 Å². The van der Waals surface area contributed by atoms with E-state index in [4.69, 9.17) is 5.10 Å². The van der Waals surface area contributed by atoms with E-state index in [1.807, 2.05) is 0 Å². The van der Waals surface area contributed by atoms with Crippen molar-refractivity contribution in [2.24, 2.45) is 0 Å². The summed E-state index contributed by atoms with van der Waals surface area (Å²) in [5, 5.41) is 8.52. The third-order valence-electron chi connectivity index (χ3n) is 5.52. The molecule has 1 aliphatic heterocycles. The Kier molecular flexibility index (Phi) is 4.47. The van der Waals surface area contributed by atoms with Crippen molar-refractivity contribution in [2.75, 3.05) is 6.54 Å². The first-order valence-corrected chi connectivity index (χ1v) is 9.30. The molecule has 1 saturated carbocycles. The zero-order valence-electron chi connectivity index (χ0n) is 13.9. The lowest BCUT2D eigenvalue weighted by Gasteiger charge is -2.20. The lowest BCUT2D eigenvalue weighted by Crippen LogP contribution is -2.19. The molecule has 1 N–H and O–H groups in total. The second kappa shape index (κ2) is 6.88. The van der Waals surface area contributed by atoms with E-state index in [-0.39, 0.29) is 0 Å². The second-order valence-electron chi connectivity index (χ2n) is 7.07. The molecule has 0 radical (unpaired) electrons. The average molecular weight is 309 g/mol. The van der Waals surface area contributed by atoms with Gasteiger partial charge in [0.15, 0.2) is 0 Å². The zero-order valence-corrected chi connectivity index (χ0v) is 13.9. The van der Waals surface area contributed by atoms with Gasteiger partial charge in [0.1, 0.15) is 0 Å². The molecule has 2 heterocycles. The van der Waals surface area contributed by atoms with Gasteiger partial charge in [-0.2, -0.15) is 5.10 Å². The topological polar surface area (TPSA) is 29.9 Å². The zero-order chi connectivity index (χ0) is 15.5. The number of aromatic nitrogens is 2. The first kappa shape index (κ1) is 14.9. The van der Waals surface area contributed by atoms with Gasteiger partial charge in [0.25, 0.3) is 0 Å². The largest absolute Gasteiger partial charge is 0.309 e. The SMILES string of the molecule is c1ccc(-n2ncc(C3CCCCCC3)c2C2CCCN2)cc1. The van der Waals surface area contributed by atoms with Crippen LogP contribution in [0.3, 0.4) is 0 Å². The smallest absolute Gasteiger partial charge is 0.0649 e. The van der Waals surface area contributed by atoms with Crippen molar-refractivity contribution in [1.29, 1.82) is 0 Å². The molecule has 3 nitrogen and oxygen atoms in total. The Balaban J connectivity index is 1.75. The number of nitrogens with one attached hydrogen (secondary N) is 1. The van der Waals surface area contributed by atoms with E-state index in [0.717, 1.165) is 6.54 Å². The molecule has 1 aromatic carbocycles. The fraction of sp³-hybridized carbons (Fsp3) is 0.550.